The van der Waals surface area contributed by atoms with Crippen molar-refractivity contribution in [2.75, 3.05) is 19.4 Å². The van der Waals surface area contributed by atoms with Crippen LogP contribution in [-0.4, -0.2) is 42.2 Å². The summed E-state index contributed by atoms with van der Waals surface area (Å²) in [6.45, 7) is 6.90. The molecule has 3 rings (SSSR count). The summed E-state index contributed by atoms with van der Waals surface area (Å²) < 4.78 is 5.39. The van der Waals surface area contributed by atoms with Crippen molar-refractivity contribution in [2.24, 2.45) is 0 Å². The van der Waals surface area contributed by atoms with E-state index in [0.29, 0.717) is 25.3 Å². The monoisotopic (exact) mass is 504 g/mol. The first-order valence-electron chi connectivity index (χ1n) is 12.3. The van der Waals surface area contributed by atoms with Gasteiger partial charge in [-0.3, -0.25) is 9.59 Å². The molecule has 0 spiro atoms. The highest BCUT2D eigenvalue weighted by molar-refractivity contribution is 7.99. The third-order valence-corrected chi connectivity index (χ3v) is 6.87. The topological polar surface area (TPSA) is 58.6 Å². The van der Waals surface area contributed by atoms with Crippen molar-refractivity contribution in [1.82, 2.24) is 10.2 Å². The Labute approximate surface area is 219 Å². The molecular formula is C30H36N2O3S. The first kappa shape index (κ1) is 27.3. The number of nitrogens with one attached hydrogen (secondary N) is 1. The number of thioether (sulfide) groups is 1. The van der Waals surface area contributed by atoms with Crippen LogP contribution in [0.3, 0.4) is 0 Å². The molecule has 0 saturated heterocycles. The third-order valence-electron chi connectivity index (χ3n) is 5.88. The lowest BCUT2D eigenvalue weighted by atomic mass is 10.0. The van der Waals surface area contributed by atoms with Crippen LogP contribution in [0.25, 0.3) is 0 Å². The maximum atomic E-state index is 13.7. The van der Waals surface area contributed by atoms with Crippen LogP contribution in [0.1, 0.15) is 34.7 Å². The summed E-state index contributed by atoms with van der Waals surface area (Å²) in [5.41, 5.74) is 5.57. The van der Waals surface area contributed by atoms with E-state index < -0.39 is 6.04 Å². The molecule has 0 heterocycles. The molecule has 3 aromatic rings. The molecule has 1 atom stereocenters. The van der Waals surface area contributed by atoms with Gasteiger partial charge in [0.2, 0.25) is 11.8 Å². The number of rotatable bonds is 12. The summed E-state index contributed by atoms with van der Waals surface area (Å²) in [7, 11) is 1.62. The van der Waals surface area contributed by atoms with Crippen molar-refractivity contribution in [3.8, 4) is 5.75 Å². The highest BCUT2D eigenvalue weighted by atomic mass is 32.2. The third kappa shape index (κ3) is 8.16. The molecule has 0 aliphatic heterocycles. The Morgan fingerprint density at radius 2 is 1.61 bits per heavy atom. The van der Waals surface area contributed by atoms with Crippen LogP contribution in [-0.2, 0) is 28.3 Å². The van der Waals surface area contributed by atoms with Crippen LogP contribution >= 0.6 is 11.8 Å². The number of hydrogen-bond donors (Lipinski definition) is 1. The SMILES string of the molecule is CCNC(=O)C(Cc1ccccc1)N(Cc1cccc(OC)c1)C(=O)CSCc1cc(C)cc(C)c1. The van der Waals surface area contributed by atoms with Crippen molar-refractivity contribution < 1.29 is 14.3 Å². The number of amides is 2. The van der Waals surface area contributed by atoms with Gasteiger partial charge in [-0.1, -0.05) is 71.8 Å². The van der Waals surface area contributed by atoms with E-state index in [1.54, 1.807) is 23.8 Å². The smallest absolute Gasteiger partial charge is 0.243 e. The van der Waals surface area contributed by atoms with E-state index in [1.165, 1.54) is 16.7 Å². The average Bonchev–Trinajstić information content (AvgIpc) is 2.86. The molecule has 36 heavy (non-hydrogen) atoms. The van der Waals surface area contributed by atoms with Gasteiger partial charge in [-0.25, -0.2) is 0 Å². The fourth-order valence-electron chi connectivity index (χ4n) is 4.30. The first-order chi connectivity index (χ1) is 17.4. The summed E-state index contributed by atoms with van der Waals surface area (Å²) >= 11 is 1.58. The Morgan fingerprint density at radius 1 is 0.917 bits per heavy atom. The van der Waals surface area contributed by atoms with Crippen LogP contribution in [0.5, 0.6) is 5.75 Å². The Balaban J connectivity index is 1.84. The van der Waals surface area contributed by atoms with E-state index in [1.807, 2.05) is 61.5 Å². The Morgan fingerprint density at radius 3 is 2.28 bits per heavy atom. The Kier molecular flexibility index (Phi) is 10.4. The quantitative estimate of drug-likeness (QED) is 0.363. The molecular weight excluding hydrogens is 468 g/mol. The summed E-state index contributed by atoms with van der Waals surface area (Å²) in [5, 5.41) is 2.94. The fraction of sp³-hybridized carbons (Fsp3) is 0.333. The van der Waals surface area contributed by atoms with E-state index in [4.69, 9.17) is 4.74 Å². The average molecular weight is 505 g/mol. The molecule has 2 amide bonds. The lowest BCUT2D eigenvalue weighted by Gasteiger charge is -2.31. The maximum absolute atomic E-state index is 13.7. The maximum Gasteiger partial charge on any atom is 0.243 e. The number of hydrogen-bond acceptors (Lipinski definition) is 4. The molecule has 0 aromatic heterocycles. The van der Waals surface area contributed by atoms with E-state index >= 15 is 0 Å². The van der Waals surface area contributed by atoms with Gasteiger partial charge in [0.05, 0.1) is 12.9 Å². The zero-order valence-corrected chi connectivity index (χ0v) is 22.4. The van der Waals surface area contributed by atoms with E-state index in [-0.39, 0.29) is 11.8 Å². The van der Waals surface area contributed by atoms with Crippen LogP contribution in [0.2, 0.25) is 0 Å². The molecule has 1 N–H and O–H groups in total. The number of likely N-dealkylation sites (N-methyl/N-ethyl adjacent to an activating group) is 1. The molecule has 3 aromatic carbocycles. The van der Waals surface area contributed by atoms with Crippen molar-refractivity contribution >= 4 is 23.6 Å². The van der Waals surface area contributed by atoms with Crippen molar-refractivity contribution in [3.63, 3.8) is 0 Å². The lowest BCUT2D eigenvalue weighted by Crippen LogP contribution is -2.51. The number of carbonyl (C=O) groups excluding carboxylic acids is 2. The van der Waals surface area contributed by atoms with Crippen LogP contribution in [0.15, 0.2) is 72.8 Å². The van der Waals surface area contributed by atoms with Crippen molar-refractivity contribution in [2.45, 2.75) is 45.5 Å². The molecule has 190 valence electrons. The van der Waals surface area contributed by atoms with E-state index in [9.17, 15) is 9.59 Å². The van der Waals surface area contributed by atoms with Gasteiger partial charge in [0.1, 0.15) is 11.8 Å². The molecule has 0 saturated carbocycles. The first-order valence-corrected chi connectivity index (χ1v) is 13.4. The second kappa shape index (κ2) is 13.7. The zero-order valence-electron chi connectivity index (χ0n) is 21.6. The van der Waals surface area contributed by atoms with Gasteiger partial charge in [0, 0.05) is 25.3 Å². The van der Waals surface area contributed by atoms with Crippen LogP contribution < -0.4 is 10.1 Å². The predicted octanol–water partition coefficient (Wildman–Crippen LogP) is 5.32. The van der Waals surface area contributed by atoms with Gasteiger partial charge in [0.15, 0.2) is 0 Å². The molecule has 6 heteroatoms. The van der Waals surface area contributed by atoms with Gasteiger partial charge in [-0.15, -0.1) is 11.8 Å². The van der Waals surface area contributed by atoms with Gasteiger partial charge >= 0.3 is 0 Å². The Hall–Kier alpha value is -3.25. The molecule has 0 radical (unpaired) electrons. The lowest BCUT2D eigenvalue weighted by molar-refractivity contribution is -0.139. The van der Waals surface area contributed by atoms with Crippen molar-refractivity contribution in [3.05, 3.63) is 101 Å². The molecule has 0 bridgehead atoms. The normalized spacial score (nSPS) is 11.6. The summed E-state index contributed by atoms with van der Waals surface area (Å²) in [6, 6.07) is 23.4. The second-order valence-electron chi connectivity index (χ2n) is 8.96. The number of ether oxygens (including phenoxy) is 1. The standard InChI is InChI=1S/C30H36N2O3S/c1-5-31-30(34)28(18-24-10-7-6-8-11-24)32(19-25-12-9-13-27(17-25)35-4)29(33)21-36-20-26-15-22(2)14-23(3)16-26/h6-17,28H,5,18-21H2,1-4H3,(H,31,34). The predicted molar refractivity (Wildman–Crippen MR) is 148 cm³/mol. The van der Waals surface area contributed by atoms with Crippen LogP contribution in [0.4, 0.5) is 0 Å². The van der Waals surface area contributed by atoms with Gasteiger partial charge < -0.3 is 15.0 Å². The zero-order chi connectivity index (χ0) is 25.9. The molecule has 0 fully saturated rings. The summed E-state index contributed by atoms with van der Waals surface area (Å²) in [4.78, 5) is 28.6. The highest BCUT2D eigenvalue weighted by Gasteiger charge is 2.30. The van der Waals surface area contributed by atoms with E-state index in [0.717, 1.165) is 22.6 Å². The fourth-order valence-corrected chi connectivity index (χ4v) is 5.15. The molecule has 0 aliphatic rings. The number of aryl methyl sites for hydroxylation is 2. The van der Waals surface area contributed by atoms with E-state index in [2.05, 4.69) is 37.4 Å². The molecule has 1 unspecified atom stereocenters. The minimum absolute atomic E-state index is 0.0561. The van der Waals surface area contributed by atoms with Gasteiger partial charge in [0.25, 0.3) is 0 Å². The number of nitrogens with zero attached hydrogens (tertiary/aromatic N) is 1. The summed E-state index contributed by atoms with van der Waals surface area (Å²) in [5.74, 6) is 1.56. The van der Waals surface area contributed by atoms with Crippen molar-refractivity contribution in [1.29, 1.82) is 0 Å². The summed E-state index contributed by atoms with van der Waals surface area (Å²) in [6.07, 6.45) is 0.449. The van der Waals surface area contributed by atoms with Gasteiger partial charge in [-0.2, -0.15) is 0 Å². The molecule has 5 nitrogen and oxygen atoms in total. The van der Waals surface area contributed by atoms with Gasteiger partial charge in [-0.05, 0) is 49.6 Å². The number of benzene rings is 3. The number of methoxy groups -OCH3 is 1. The minimum atomic E-state index is -0.618. The highest BCUT2D eigenvalue weighted by Crippen LogP contribution is 2.21. The second-order valence-corrected chi connectivity index (χ2v) is 9.95. The Bertz CT molecular complexity index is 1130. The van der Waals surface area contributed by atoms with Crippen LogP contribution in [0, 0.1) is 13.8 Å². The molecule has 0 aliphatic carbocycles. The number of carbonyl (C=O) groups is 2. The largest absolute Gasteiger partial charge is 0.497 e. The minimum Gasteiger partial charge on any atom is -0.497 e.